The van der Waals surface area contributed by atoms with Gasteiger partial charge >= 0.3 is 0 Å². The van der Waals surface area contributed by atoms with E-state index in [0.717, 1.165) is 36.7 Å². The van der Waals surface area contributed by atoms with Crippen LogP contribution in [0, 0.1) is 6.92 Å². The highest BCUT2D eigenvalue weighted by atomic mass is 15.3. The predicted molar refractivity (Wildman–Crippen MR) is 55.9 cm³/mol. The average molecular weight is 203 g/mol. The average Bonchev–Trinajstić information content (AvgIpc) is 2.82. The molecule has 0 fully saturated rings. The first kappa shape index (κ1) is 8.67. The zero-order valence-corrected chi connectivity index (χ0v) is 8.62. The molecule has 3 heterocycles. The molecule has 0 radical (unpaired) electrons. The Kier molecular flexibility index (Phi) is 1.85. The lowest BCUT2D eigenvalue weighted by Gasteiger charge is -2.09. The number of H-pyrrole nitrogens is 1. The molecule has 0 unspecified atom stereocenters. The molecule has 2 aromatic rings. The van der Waals surface area contributed by atoms with Crippen LogP contribution in [0.4, 0.5) is 0 Å². The second-order valence-corrected chi connectivity index (χ2v) is 3.88. The lowest BCUT2D eigenvalue weighted by atomic mass is 10.1. The monoisotopic (exact) mass is 203 g/mol. The molecule has 0 saturated heterocycles. The maximum absolute atomic E-state index is 4.51. The Morgan fingerprint density at radius 1 is 1.47 bits per heavy atom. The summed E-state index contributed by atoms with van der Waals surface area (Å²) in [6.45, 7) is 3.89. The van der Waals surface area contributed by atoms with Gasteiger partial charge in [0.05, 0.1) is 5.69 Å². The number of hydrogen-bond acceptors (Lipinski definition) is 3. The largest absolute Gasteiger partial charge is 0.311 e. The summed E-state index contributed by atoms with van der Waals surface area (Å²) >= 11 is 0. The molecule has 0 amide bonds. The van der Waals surface area contributed by atoms with E-state index in [4.69, 9.17) is 0 Å². The molecule has 0 spiro atoms. The van der Waals surface area contributed by atoms with Gasteiger partial charge in [-0.3, -0.25) is 5.10 Å². The topological polar surface area (TPSA) is 58.5 Å². The summed E-state index contributed by atoms with van der Waals surface area (Å²) in [7, 11) is 0. The molecule has 1 aliphatic heterocycles. The number of fused-ring (bicyclic) bond motifs is 1. The Bertz CT molecular complexity index is 458. The van der Waals surface area contributed by atoms with Crippen LogP contribution in [0.3, 0.4) is 0 Å². The van der Waals surface area contributed by atoms with Crippen LogP contribution in [0.1, 0.15) is 17.0 Å². The quantitative estimate of drug-likeness (QED) is 0.711. The Hall–Kier alpha value is -1.62. The van der Waals surface area contributed by atoms with Gasteiger partial charge in [-0.05, 0) is 25.5 Å². The predicted octanol–water partition coefficient (Wildman–Crippen LogP) is 0.550. The van der Waals surface area contributed by atoms with Crippen molar-refractivity contribution >= 4 is 0 Å². The van der Waals surface area contributed by atoms with Crippen molar-refractivity contribution in [3.05, 3.63) is 29.2 Å². The normalized spacial score (nSPS) is 15.3. The lowest BCUT2D eigenvalue weighted by molar-refractivity contribution is 0.629. The minimum atomic E-state index is 0.863. The van der Waals surface area contributed by atoms with E-state index in [2.05, 4.69) is 26.8 Å². The first-order valence-electron chi connectivity index (χ1n) is 5.13. The number of nitrogens with zero attached hydrogens (tertiary/aromatic N) is 3. The van der Waals surface area contributed by atoms with E-state index < -0.39 is 0 Å². The fourth-order valence-electron chi connectivity index (χ4n) is 1.87. The fraction of sp³-hybridized carbons (Fsp3) is 0.400. The van der Waals surface area contributed by atoms with Crippen LogP contribution >= 0.6 is 0 Å². The molecule has 5 nitrogen and oxygen atoms in total. The van der Waals surface area contributed by atoms with Crippen molar-refractivity contribution in [3.63, 3.8) is 0 Å². The lowest BCUT2D eigenvalue weighted by Crippen LogP contribution is -2.22. The molecule has 1 aliphatic rings. The highest BCUT2D eigenvalue weighted by Gasteiger charge is 2.14. The van der Waals surface area contributed by atoms with E-state index in [1.165, 1.54) is 5.56 Å². The van der Waals surface area contributed by atoms with Gasteiger partial charge in [-0.15, -0.1) is 0 Å². The second kappa shape index (κ2) is 3.20. The van der Waals surface area contributed by atoms with Gasteiger partial charge < -0.3 is 5.32 Å². The van der Waals surface area contributed by atoms with E-state index in [9.17, 15) is 0 Å². The molecular weight excluding hydrogens is 190 g/mol. The van der Waals surface area contributed by atoms with Gasteiger partial charge in [0.2, 0.25) is 0 Å². The third-order valence-corrected chi connectivity index (χ3v) is 2.67. The van der Waals surface area contributed by atoms with E-state index in [1.807, 2.05) is 17.7 Å². The van der Waals surface area contributed by atoms with E-state index in [-0.39, 0.29) is 0 Å². The summed E-state index contributed by atoms with van der Waals surface area (Å²) < 4.78 is 1.85. The van der Waals surface area contributed by atoms with Crippen molar-refractivity contribution in [2.24, 2.45) is 0 Å². The Morgan fingerprint density at radius 3 is 3.13 bits per heavy atom. The Morgan fingerprint density at radius 2 is 2.40 bits per heavy atom. The van der Waals surface area contributed by atoms with Crippen molar-refractivity contribution in [1.29, 1.82) is 0 Å². The number of nitrogens with one attached hydrogen (secondary N) is 2. The van der Waals surface area contributed by atoms with Gasteiger partial charge in [-0.2, -0.15) is 10.2 Å². The molecule has 3 rings (SSSR count). The molecule has 2 aromatic heterocycles. The summed E-state index contributed by atoms with van der Waals surface area (Å²) in [6.07, 6.45) is 3.13. The van der Waals surface area contributed by atoms with Crippen molar-refractivity contribution < 1.29 is 0 Å². The molecule has 0 aliphatic carbocycles. The molecule has 5 heteroatoms. The third kappa shape index (κ3) is 1.45. The Balaban J connectivity index is 2.02. The van der Waals surface area contributed by atoms with Crippen LogP contribution in [0.2, 0.25) is 0 Å². The highest BCUT2D eigenvalue weighted by molar-refractivity contribution is 5.28. The molecule has 0 bridgehead atoms. The summed E-state index contributed by atoms with van der Waals surface area (Å²) in [6, 6.07) is 1.99. The van der Waals surface area contributed by atoms with E-state index in [1.54, 1.807) is 0 Å². The number of hydrogen-bond donors (Lipinski definition) is 2. The smallest absolute Gasteiger partial charge is 0.175 e. The van der Waals surface area contributed by atoms with Crippen molar-refractivity contribution in [2.75, 3.05) is 6.54 Å². The first-order chi connectivity index (χ1) is 7.33. The number of aromatic amines is 1. The molecule has 0 aromatic carbocycles. The number of aryl methyl sites for hydroxylation is 1. The second-order valence-electron chi connectivity index (χ2n) is 3.88. The Labute approximate surface area is 87.5 Å². The molecular formula is C10H13N5. The van der Waals surface area contributed by atoms with Crippen LogP contribution in [-0.2, 0) is 13.0 Å². The van der Waals surface area contributed by atoms with Crippen molar-refractivity contribution in [2.45, 2.75) is 19.9 Å². The minimum Gasteiger partial charge on any atom is -0.311 e. The van der Waals surface area contributed by atoms with Gasteiger partial charge in [0.15, 0.2) is 5.82 Å². The van der Waals surface area contributed by atoms with Crippen LogP contribution in [0.25, 0.3) is 5.82 Å². The molecule has 15 heavy (non-hydrogen) atoms. The fourth-order valence-corrected chi connectivity index (χ4v) is 1.87. The standard InChI is InChI=1S/C10H13N5/c1-7-4-10(13-12-7)15-6-8-2-3-11-5-9(8)14-15/h4,6,11H,2-3,5H2,1H3,(H,12,13). The molecule has 78 valence electrons. The van der Waals surface area contributed by atoms with E-state index >= 15 is 0 Å². The SMILES string of the molecule is Cc1cc(-n2cc3c(n2)CNCC3)n[nH]1. The van der Waals surface area contributed by atoms with Crippen molar-refractivity contribution in [1.82, 2.24) is 25.3 Å². The number of rotatable bonds is 1. The third-order valence-electron chi connectivity index (χ3n) is 2.67. The minimum absolute atomic E-state index is 0.863. The van der Waals surface area contributed by atoms with Crippen LogP contribution in [-0.4, -0.2) is 26.5 Å². The maximum Gasteiger partial charge on any atom is 0.175 e. The van der Waals surface area contributed by atoms with Gasteiger partial charge in [-0.1, -0.05) is 0 Å². The van der Waals surface area contributed by atoms with Crippen LogP contribution in [0.5, 0.6) is 0 Å². The van der Waals surface area contributed by atoms with Crippen LogP contribution < -0.4 is 5.32 Å². The van der Waals surface area contributed by atoms with Gasteiger partial charge in [-0.25, -0.2) is 4.68 Å². The zero-order chi connectivity index (χ0) is 10.3. The van der Waals surface area contributed by atoms with E-state index in [0.29, 0.717) is 0 Å². The summed E-state index contributed by atoms with van der Waals surface area (Å²) in [5.74, 6) is 0.863. The van der Waals surface area contributed by atoms with Gasteiger partial charge in [0.1, 0.15) is 0 Å². The highest BCUT2D eigenvalue weighted by Crippen LogP contribution is 2.14. The van der Waals surface area contributed by atoms with Crippen LogP contribution in [0.15, 0.2) is 12.3 Å². The summed E-state index contributed by atoms with van der Waals surface area (Å²) in [5, 5.41) is 14.9. The van der Waals surface area contributed by atoms with Crippen molar-refractivity contribution in [3.8, 4) is 5.82 Å². The molecule has 2 N–H and O–H groups in total. The first-order valence-corrected chi connectivity index (χ1v) is 5.13. The maximum atomic E-state index is 4.51. The molecule has 0 atom stereocenters. The number of aromatic nitrogens is 4. The zero-order valence-electron chi connectivity index (χ0n) is 8.62. The molecule has 0 saturated carbocycles. The summed E-state index contributed by atoms with van der Waals surface area (Å²) in [4.78, 5) is 0. The van der Waals surface area contributed by atoms with Gasteiger partial charge in [0, 0.05) is 24.5 Å². The summed E-state index contributed by atoms with van der Waals surface area (Å²) in [5.41, 5.74) is 3.52. The van der Waals surface area contributed by atoms with Gasteiger partial charge in [0.25, 0.3) is 0 Å².